The number of aryl methyl sites for hydroxylation is 2. The maximum absolute atomic E-state index is 11.9. The van der Waals surface area contributed by atoms with Gasteiger partial charge in [0, 0.05) is 18.0 Å². The zero-order chi connectivity index (χ0) is 15.1. The van der Waals surface area contributed by atoms with E-state index in [1.165, 1.54) is 35.8 Å². The number of anilines is 1. The van der Waals surface area contributed by atoms with E-state index in [0.29, 0.717) is 6.54 Å². The number of hydrogen-bond donors (Lipinski definition) is 0. The molecule has 2 aromatic heterocycles. The Morgan fingerprint density at radius 3 is 3.14 bits per heavy atom. The summed E-state index contributed by atoms with van der Waals surface area (Å²) in [5, 5.41) is 1.23. The summed E-state index contributed by atoms with van der Waals surface area (Å²) < 4.78 is 4.92. The monoisotopic (exact) mass is 317 g/mol. The molecule has 22 heavy (non-hydrogen) atoms. The van der Waals surface area contributed by atoms with Crippen molar-refractivity contribution in [3.05, 3.63) is 16.8 Å². The predicted octanol–water partition coefficient (Wildman–Crippen LogP) is 2.57. The van der Waals surface area contributed by atoms with Gasteiger partial charge in [-0.05, 0) is 37.7 Å². The molecule has 0 N–H and O–H groups in total. The molecule has 0 radical (unpaired) electrons. The normalized spacial score (nSPS) is 21.1. The first-order valence-corrected chi connectivity index (χ1v) is 8.67. The molecule has 2 aromatic rings. The summed E-state index contributed by atoms with van der Waals surface area (Å²) in [4.78, 5) is 25.7. The van der Waals surface area contributed by atoms with E-state index in [-0.39, 0.29) is 11.9 Å². The summed E-state index contributed by atoms with van der Waals surface area (Å²) in [6.07, 6.45) is 7.09. The lowest BCUT2D eigenvalue weighted by Crippen LogP contribution is -2.39. The van der Waals surface area contributed by atoms with Gasteiger partial charge in [0.05, 0.1) is 18.4 Å². The first-order valence-electron chi connectivity index (χ1n) is 7.86. The zero-order valence-electron chi connectivity index (χ0n) is 12.7. The Labute approximate surface area is 133 Å². The number of ether oxygens (including phenoxy) is 1. The summed E-state index contributed by atoms with van der Waals surface area (Å²) in [6, 6.07) is 0. The van der Waals surface area contributed by atoms with Crippen LogP contribution in [0.3, 0.4) is 0 Å². The van der Waals surface area contributed by atoms with Gasteiger partial charge in [-0.3, -0.25) is 4.79 Å². The van der Waals surface area contributed by atoms with E-state index >= 15 is 0 Å². The topological polar surface area (TPSA) is 55.3 Å². The fourth-order valence-electron chi connectivity index (χ4n) is 3.68. The van der Waals surface area contributed by atoms with Crippen molar-refractivity contribution in [3.63, 3.8) is 0 Å². The number of piperidine rings is 1. The zero-order valence-corrected chi connectivity index (χ0v) is 13.5. The molecule has 3 heterocycles. The Morgan fingerprint density at radius 2 is 2.27 bits per heavy atom. The highest BCUT2D eigenvalue weighted by atomic mass is 32.1. The second kappa shape index (κ2) is 5.50. The number of methoxy groups -OCH3 is 1. The van der Waals surface area contributed by atoms with Gasteiger partial charge in [-0.15, -0.1) is 11.3 Å². The lowest BCUT2D eigenvalue weighted by atomic mass is 9.98. The van der Waals surface area contributed by atoms with Crippen molar-refractivity contribution in [2.75, 3.05) is 25.1 Å². The highest BCUT2D eigenvalue weighted by molar-refractivity contribution is 7.19. The van der Waals surface area contributed by atoms with Gasteiger partial charge in [-0.25, -0.2) is 9.97 Å². The molecular formula is C16H19N3O2S. The second-order valence-electron chi connectivity index (χ2n) is 6.04. The predicted molar refractivity (Wildman–Crippen MR) is 86.4 cm³/mol. The molecule has 1 fully saturated rings. The number of rotatable bonds is 2. The number of carbonyl (C=O) groups is 1. The Hall–Kier alpha value is -1.69. The van der Waals surface area contributed by atoms with Crippen molar-refractivity contribution in [3.8, 4) is 0 Å². The van der Waals surface area contributed by atoms with Crippen LogP contribution in [-0.2, 0) is 22.4 Å². The summed E-state index contributed by atoms with van der Waals surface area (Å²) in [6.45, 7) is 1.65. The molecule has 1 aliphatic carbocycles. The van der Waals surface area contributed by atoms with E-state index < -0.39 is 0 Å². The third-order valence-electron chi connectivity index (χ3n) is 4.74. The number of aromatic nitrogens is 2. The van der Waals surface area contributed by atoms with Crippen LogP contribution in [0.25, 0.3) is 10.2 Å². The molecule has 0 unspecified atom stereocenters. The average molecular weight is 317 g/mol. The standard InChI is InChI=1S/C16H19N3O2S/c1-21-16(20)10-4-3-7-19(8-10)14-13-11-5-2-6-12(11)22-15(13)18-9-17-14/h9-10H,2-8H2,1H3/t10-/m0/s1. The first-order chi connectivity index (χ1) is 10.8. The number of esters is 1. The van der Waals surface area contributed by atoms with Crippen LogP contribution in [0.2, 0.25) is 0 Å². The van der Waals surface area contributed by atoms with E-state index in [2.05, 4.69) is 14.9 Å². The van der Waals surface area contributed by atoms with Gasteiger partial charge in [0.15, 0.2) is 0 Å². The number of hydrogen-bond acceptors (Lipinski definition) is 6. The lowest BCUT2D eigenvalue weighted by Gasteiger charge is -2.32. The van der Waals surface area contributed by atoms with Crippen LogP contribution in [0.4, 0.5) is 5.82 Å². The van der Waals surface area contributed by atoms with Crippen LogP contribution >= 0.6 is 11.3 Å². The van der Waals surface area contributed by atoms with Gasteiger partial charge in [0.2, 0.25) is 0 Å². The van der Waals surface area contributed by atoms with Crippen molar-refractivity contribution < 1.29 is 9.53 Å². The van der Waals surface area contributed by atoms with Crippen LogP contribution in [0.1, 0.15) is 29.7 Å². The fourth-order valence-corrected chi connectivity index (χ4v) is 4.90. The number of thiophene rings is 1. The fraction of sp³-hybridized carbons (Fsp3) is 0.562. The smallest absolute Gasteiger partial charge is 0.310 e. The number of fused-ring (bicyclic) bond motifs is 3. The minimum absolute atomic E-state index is 0.0459. The van der Waals surface area contributed by atoms with Crippen molar-refractivity contribution in [1.82, 2.24) is 9.97 Å². The summed E-state index contributed by atoms with van der Waals surface area (Å²) in [7, 11) is 1.47. The molecule has 0 saturated carbocycles. The SMILES string of the molecule is COC(=O)[C@H]1CCCN(c2ncnc3sc4c(c23)CCC4)C1. The molecule has 1 aliphatic heterocycles. The van der Waals surface area contributed by atoms with E-state index in [9.17, 15) is 4.79 Å². The molecule has 116 valence electrons. The summed E-state index contributed by atoms with van der Waals surface area (Å²) in [5.74, 6) is 0.860. The van der Waals surface area contributed by atoms with Crippen LogP contribution in [-0.4, -0.2) is 36.1 Å². The Bertz CT molecular complexity index is 727. The molecule has 4 rings (SSSR count). The largest absolute Gasteiger partial charge is 0.469 e. The Kier molecular flexibility index (Phi) is 3.48. The van der Waals surface area contributed by atoms with Crippen molar-refractivity contribution in [2.45, 2.75) is 32.1 Å². The lowest BCUT2D eigenvalue weighted by molar-refractivity contribution is -0.145. The molecule has 2 aliphatic rings. The molecule has 6 heteroatoms. The molecule has 0 aromatic carbocycles. The summed E-state index contributed by atoms with van der Waals surface area (Å²) in [5.41, 5.74) is 1.44. The maximum atomic E-state index is 11.9. The van der Waals surface area contributed by atoms with E-state index in [4.69, 9.17) is 4.74 Å². The number of carbonyl (C=O) groups excluding carboxylic acids is 1. The molecule has 1 atom stereocenters. The third kappa shape index (κ3) is 2.17. The van der Waals surface area contributed by atoms with Crippen LogP contribution in [0.15, 0.2) is 6.33 Å². The van der Waals surface area contributed by atoms with Gasteiger partial charge in [0.25, 0.3) is 0 Å². The minimum Gasteiger partial charge on any atom is -0.469 e. The molecule has 0 bridgehead atoms. The molecule has 5 nitrogen and oxygen atoms in total. The number of nitrogens with zero attached hydrogens (tertiary/aromatic N) is 3. The highest BCUT2D eigenvalue weighted by Gasteiger charge is 2.30. The average Bonchev–Trinajstić information content (AvgIpc) is 3.14. The van der Waals surface area contributed by atoms with Crippen LogP contribution in [0, 0.1) is 5.92 Å². The molecule has 1 saturated heterocycles. The van der Waals surface area contributed by atoms with Crippen molar-refractivity contribution in [1.29, 1.82) is 0 Å². The van der Waals surface area contributed by atoms with E-state index in [1.807, 2.05) is 0 Å². The Balaban J connectivity index is 1.73. The maximum Gasteiger partial charge on any atom is 0.310 e. The van der Waals surface area contributed by atoms with Crippen molar-refractivity contribution in [2.24, 2.45) is 5.92 Å². The molecular weight excluding hydrogens is 298 g/mol. The molecule has 0 amide bonds. The van der Waals surface area contributed by atoms with Crippen LogP contribution < -0.4 is 4.90 Å². The first kappa shape index (κ1) is 13.9. The van der Waals surface area contributed by atoms with Gasteiger partial charge < -0.3 is 9.64 Å². The van der Waals surface area contributed by atoms with E-state index in [0.717, 1.165) is 36.5 Å². The summed E-state index contributed by atoms with van der Waals surface area (Å²) >= 11 is 1.81. The van der Waals surface area contributed by atoms with Gasteiger partial charge in [-0.2, -0.15) is 0 Å². The quantitative estimate of drug-likeness (QED) is 0.797. The second-order valence-corrected chi connectivity index (χ2v) is 7.13. The third-order valence-corrected chi connectivity index (χ3v) is 5.94. The minimum atomic E-state index is -0.106. The Morgan fingerprint density at radius 1 is 1.36 bits per heavy atom. The van der Waals surface area contributed by atoms with Crippen molar-refractivity contribution >= 4 is 33.3 Å². The van der Waals surface area contributed by atoms with Gasteiger partial charge >= 0.3 is 5.97 Å². The van der Waals surface area contributed by atoms with Gasteiger partial charge in [-0.1, -0.05) is 0 Å². The van der Waals surface area contributed by atoms with Gasteiger partial charge in [0.1, 0.15) is 17.0 Å². The van der Waals surface area contributed by atoms with E-state index in [1.54, 1.807) is 17.7 Å². The van der Waals surface area contributed by atoms with Crippen LogP contribution in [0.5, 0.6) is 0 Å². The highest BCUT2D eigenvalue weighted by Crippen LogP contribution is 2.40. The molecule has 0 spiro atoms.